The van der Waals surface area contributed by atoms with Gasteiger partial charge in [-0.3, -0.25) is 34.2 Å². The van der Waals surface area contributed by atoms with E-state index in [9.17, 15) is 29.1 Å². The van der Waals surface area contributed by atoms with E-state index in [1.165, 1.54) is 0 Å². The van der Waals surface area contributed by atoms with Gasteiger partial charge >= 0.3 is 0 Å². The molecular weight excluding hydrogens is 802 g/mol. The molecule has 6 heterocycles. The molecule has 0 bridgehead atoms. The third kappa shape index (κ3) is 8.26. The lowest BCUT2D eigenvalue weighted by atomic mass is 9.71. The molecule has 5 fully saturated rings. The first-order valence-electron chi connectivity index (χ1n) is 21.2. The second-order valence-corrected chi connectivity index (χ2v) is 18.0. The molecule has 2 aromatic carbocycles. The average molecular weight is 850 g/mol. The average Bonchev–Trinajstić information content (AvgIpc) is 3.49. The molecule has 3 N–H and O–H groups in total. The predicted molar refractivity (Wildman–Crippen MR) is 222 cm³/mol. The van der Waals surface area contributed by atoms with Gasteiger partial charge in [0.2, 0.25) is 11.8 Å². The molecule has 9 rings (SSSR count). The van der Waals surface area contributed by atoms with Gasteiger partial charge in [-0.1, -0.05) is 11.6 Å². The number of piperidine rings is 3. The van der Waals surface area contributed by atoms with Gasteiger partial charge in [-0.25, -0.2) is 0 Å². The molecule has 6 aliphatic rings. The van der Waals surface area contributed by atoms with Gasteiger partial charge in [-0.15, -0.1) is 10.2 Å². The minimum atomic E-state index is -0.986. The van der Waals surface area contributed by atoms with Gasteiger partial charge in [0.1, 0.15) is 17.9 Å². The van der Waals surface area contributed by atoms with E-state index >= 15 is 0 Å². The van der Waals surface area contributed by atoms with Gasteiger partial charge in [-0.2, -0.15) is 5.26 Å². The number of imide groups is 2. The number of hydrogen-bond acceptors (Lipinski definition) is 13. The highest BCUT2D eigenvalue weighted by Crippen LogP contribution is 2.44. The van der Waals surface area contributed by atoms with Crippen molar-refractivity contribution in [1.82, 2.24) is 30.6 Å². The molecule has 3 aromatic rings. The lowest BCUT2D eigenvalue weighted by Gasteiger charge is -2.55. The molecule has 16 nitrogen and oxygen atoms in total. The first-order valence-corrected chi connectivity index (χ1v) is 21.6. The Hall–Kier alpha value is -5.63. The number of rotatable bonds is 9. The molecule has 1 spiro atoms. The third-order valence-electron chi connectivity index (χ3n) is 13.6. The molecule has 318 valence electrons. The lowest BCUT2D eigenvalue weighted by molar-refractivity contribution is -0.136. The van der Waals surface area contributed by atoms with Crippen LogP contribution in [0.15, 0.2) is 48.5 Å². The predicted octanol–water partition coefficient (Wildman–Crippen LogP) is 3.46. The largest absolute Gasteiger partial charge is 0.490 e. The van der Waals surface area contributed by atoms with Crippen molar-refractivity contribution in [3.8, 4) is 11.8 Å². The summed E-state index contributed by atoms with van der Waals surface area (Å²) in [5.74, 6) is -0.969. The number of ether oxygens (including phenoxy) is 1. The Morgan fingerprint density at radius 2 is 1.62 bits per heavy atom. The SMILES string of the molecule is N#Cc1ccc(OC2CCC(NC(=O)c3ccc(N4CCC(O)(CN5CCC6(CC5)CN(c5ccc7c(c5)C(=O)N(C5CCC(=O)NC5=O)C7=O)C6)CC4)nn3)CC2)cc1Cl. The Bertz CT molecular complexity index is 2290. The fourth-order valence-corrected chi connectivity index (χ4v) is 10.1. The van der Waals surface area contributed by atoms with E-state index in [1.54, 1.807) is 36.4 Å². The Kier molecular flexibility index (Phi) is 10.9. The van der Waals surface area contributed by atoms with Crippen LogP contribution < -0.4 is 25.2 Å². The summed E-state index contributed by atoms with van der Waals surface area (Å²) in [6.07, 6.45) is 6.47. The number of β-amino-alcohol motifs (C(OH)–C–C–N with tert-alkyl or cyclic N) is 1. The van der Waals surface area contributed by atoms with E-state index in [0.717, 1.165) is 75.3 Å². The number of nitriles is 1. The molecule has 1 unspecified atom stereocenters. The fraction of sp³-hybridized carbons (Fsp3) is 0.500. The minimum absolute atomic E-state index is 0.00418. The third-order valence-corrected chi connectivity index (χ3v) is 13.9. The molecule has 1 atom stereocenters. The molecule has 1 aromatic heterocycles. The van der Waals surface area contributed by atoms with Crippen LogP contribution in [0.4, 0.5) is 11.5 Å². The molecule has 0 radical (unpaired) electrons. The minimum Gasteiger partial charge on any atom is -0.490 e. The van der Waals surface area contributed by atoms with Crippen LogP contribution in [0, 0.1) is 16.7 Å². The van der Waals surface area contributed by atoms with Crippen LogP contribution in [-0.4, -0.2) is 124 Å². The number of aliphatic hydroxyl groups is 1. The normalized spacial score (nSPS) is 24.8. The Morgan fingerprint density at radius 1 is 0.885 bits per heavy atom. The number of carbonyl (C=O) groups excluding carboxylic acids is 5. The number of halogens is 1. The van der Waals surface area contributed by atoms with Gasteiger partial charge in [0.15, 0.2) is 11.5 Å². The molecule has 4 saturated heterocycles. The summed E-state index contributed by atoms with van der Waals surface area (Å²) >= 11 is 6.15. The van der Waals surface area contributed by atoms with E-state index in [2.05, 4.69) is 35.5 Å². The number of nitrogens with one attached hydrogen (secondary N) is 2. The zero-order valence-electron chi connectivity index (χ0n) is 33.8. The second kappa shape index (κ2) is 16.3. The molecule has 1 saturated carbocycles. The van der Waals surface area contributed by atoms with Crippen molar-refractivity contribution in [2.24, 2.45) is 5.41 Å². The lowest BCUT2D eigenvalue weighted by Crippen LogP contribution is -2.61. The van der Waals surface area contributed by atoms with Crippen LogP contribution >= 0.6 is 11.6 Å². The first kappa shape index (κ1) is 40.8. The number of hydrogen-bond donors (Lipinski definition) is 3. The zero-order valence-corrected chi connectivity index (χ0v) is 34.5. The van der Waals surface area contributed by atoms with Gasteiger partial charge in [-0.05, 0) is 113 Å². The summed E-state index contributed by atoms with van der Waals surface area (Å²) in [7, 11) is 0. The standard InChI is InChI=1S/C44H48ClN9O7/c45-34-22-31(5-1-27(34)23-46)61-30-6-2-28(3-7-30)47-39(56)35-9-11-37(50-49-35)52-19-15-44(60,16-20-52)26-51-17-13-43(14-18-51)24-53(25-43)29-4-8-32-33(21-29)42(59)54(41(32)58)36-10-12-38(55)48-40(36)57/h1,4-5,8-9,11,21-22,28,30,36,60H,2-3,6-7,10,12-20,24-26H2,(H,47,56)(H,48,55,57). The smallest absolute Gasteiger partial charge is 0.272 e. The van der Waals surface area contributed by atoms with Crippen LogP contribution in [0.3, 0.4) is 0 Å². The second-order valence-electron chi connectivity index (χ2n) is 17.6. The van der Waals surface area contributed by atoms with E-state index in [1.807, 2.05) is 18.2 Å². The fourth-order valence-electron chi connectivity index (χ4n) is 9.88. The van der Waals surface area contributed by atoms with Gasteiger partial charge in [0, 0.05) is 62.4 Å². The number of likely N-dealkylation sites (tertiary alicyclic amines) is 1. The number of aromatic nitrogens is 2. The number of anilines is 2. The molecule has 1 aliphatic carbocycles. The Balaban J connectivity index is 0.697. The van der Waals surface area contributed by atoms with Crippen molar-refractivity contribution >= 4 is 52.6 Å². The molecule has 61 heavy (non-hydrogen) atoms. The van der Waals surface area contributed by atoms with Gasteiger partial charge in [0.05, 0.1) is 33.4 Å². The van der Waals surface area contributed by atoms with Gasteiger partial charge < -0.3 is 29.9 Å². The zero-order chi connectivity index (χ0) is 42.5. The maximum atomic E-state index is 13.3. The Labute approximate surface area is 358 Å². The maximum absolute atomic E-state index is 13.3. The van der Waals surface area contributed by atoms with Crippen LogP contribution in [0.2, 0.25) is 5.02 Å². The van der Waals surface area contributed by atoms with Crippen molar-refractivity contribution in [3.63, 3.8) is 0 Å². The maximum Gasteiger partial charge on any atom is 0.272 e. The summed E-state index contributed by atoms with van der Waals surface area (Å²) in [6, 6.07) is 14.9. The van der Waals surface area contributed by atoms with Crippen molar-refractivity contribution < 1.29 is 33.8 Å². The van der Waals surface area contributed by atoms with Crippen molar-refractivity contribution in [2.75, 3.05) is 55.6 Å². The first-order chi connectivity index (χ1) is 29.4. The van der Waals surface area contributed by atoms with Crippen molar-refractivity contribution in [2.45, 2.75) is 88.0 Å². The summed E-state index contributed by atoms with van der Waals surface area (Å²) in [5.41, 5.74) is 1.46. The molecular formula is C44H48ClN9O7. The highest BCUT2D eigenvalue weighted by molar-refractivity contribution is 6.31. The number of nitrogens with zero attached hydrogens (tertiary/aromatic N) is 7. The van der Waals surface area contributed by atoms with E-state index in [0.29, 0.717) is 60.2 Å². The highest BCUT2D eigenvalue weighted by atomic mass is 35.5. The topological polar surface area (TPSA) is 201 Å². The Morgan fingerprint density at radius 3 is 2.30 bits per heavy atom. The number of benzene rings is 2. The van der Waals surface area contributed by atoms with E-state index in [-0.39, 0.29) is 47.6 Å². The number of fused-ring (bicyclic) bond motifs is 1. The van der Waals surface area contributed by atoms with E-state index in [4.69, 9.17) is 21.6 Å². The quantitative estimate of drug-likeness (QED) is 0.265. The van der Waals surface area contributed by atoms with E-state index < -0.39 is 35.3 Å². The van der Waals surface area contributed by atoms with Crippen molar-refractivity contribution in [3.05, 3.63) is 75.9 Å². The van der Waals surface area contributed by atoms with Crippen LogP contribution in [0.5, 0.6) is 5.75 Å². The van der Waals surface area contributed by atoms with Crippen LogP contribution in [-0.2, 0) is 9.59 Å². The molecule has 5 aliphatic heterocycles. The molecule has 5 amide bonds. The highest BCUT2D eigenvalue weighted by Gasteiger charge is 2.48. The van der Waals surface area contributed by atoms with Crippen molar-refractivity contribution in [1.29, 1.82) is 5.26 Å². The summed E-state index contributed by atoms with van der Waals surface area (Å²) in [6.45, 7) is 5.32. The number of amides is 5. The van der Waals surface area contributed by atoms with Gasteiger partial charge in [0.25, 0.3) is 17.7 Å². The summed E-state index contributed by atoms with van der Waals surface area (Å²) in [4.78, 5) is 71.3. The monoisotopic (exact) mass is 849 g/mol. The summed E-state index contributed by atoms with van der Waals surface area (Å²) < 4.78 is 6.08. The molecule has 17 heteroatoms. The summed E-state index contributed by atoms with van der Waals surface area (Å²) in [5, 5.41) is 35.1. The van der Waals surface area contributed by atoms with Crippen LogP contribution in [0.25, 0.3) is 0 Å². The number of carbonyl (C=O) groups is 5. The van der Waals surface area contributed by atoms with Crippen LogP contribution in [0.1, 0.15) is 101 Å².